The molecule has 2 fully saturated rings. The molecule has 2 atom stereocenters. The van der Waals surface area contributed by atoms with E-state index in [0.29, 0.717) is 6.54 Å². The summed E-state index contributed by atoms with van der Waals surface area (Å²) in [5.41, 5.74) is 4.33. The molecule has 0 N–H and O–H groups in total. The summed E-state index contributed by atoms with van der Waals surface area (Å²) in [5, 5.41) is 0. The molecule has 0 spiro atoms. The lowest BCUT2D eigenvalue weighted by Crippen LogP contribution is -2.64. The first-order valence-corrected chi connectivity index (χ1v) is 10.3. The molecular formula is C23H25N5O2. The molecule has 2 unspecified atom stereocenters. The van der Waals surface area contributed by atoms with Gasteiger partial charge in [-0.3, -0.25) is 9.69 Å². The summed E-state index contributed by atoms with van der Waals surface area (Å²) >= 11 is 0. The number of carbonyl (C=O) groups excluding carboxylic acids is 2. The van der Waals surface area contributed by atoms with Crippen LogP contribution in [0.5, 0.6) is 0 Å². The largest absolute Gasteiger partial charge is 0.328 e. The first-order chi connectivity index (χ1) is 14.4. The van der Waals surface area contributed by atoms with Gasteiger partial charge < -0.3 is 14.7 Å². The Balaban J connectivity index is 1.43. The van der Waals surface area contributed by atoms with E-state index in [4.69, 9.17) is 4.99 Å². The van der Waals surface area contributed by atoms with Crippen molar-refractivity contribution >= 4 is 23.6 Å². The van der Waals surface area contributed by atoms with Crippen LogP contribution in [0.3, 0.4) is 0 Å². The molecule has 0 saturated carbocycles. The van der Waals surface area contributed by atoms with Crippen molar-refractivity contribution in [3.63, 3.8) is 0 Å². The van der Waals surface area contributed by atoms with Gasteiger partial charge in [0, 0.05) is 25.8 Å². The van der Waals surface area contributed by atoms with Crippen LogP contribution in [0.15, 0.2) is 53.5 Å². The Hall–Kier alpha value is -3.35. The van der Waals surface area contributed by atoms with Gasteiger partial charge in [0.05, 0.1) is 6.54 Å². The predicted octanol–water partition coefficient (Wildman–Crippen LogP) is 2.58. The summed E-state index contributed by atoms with van der Waals surface area (Å²) in [5.74, 6) is 0.606. The molecule has 0 bridgehead atoms. The molecule has 2 saturated heterocycles. The zero-order valence-corrected chi connectivity index (χ0v) is 17.4. The van der Waals surface area contributed by atoms with Crippen LogP contribution >= 0.6 is 0 Å². The standard InChI is InChI=1S/C23H25N5O2/c1-15-7-9-17(10-8-15)14-28-21(29)19-20(25(3)23(28)30)24-22-26(11-12-27(19)22)18-6-4-5-16(2)13-18/h4-10,13,19-20H,11-12,14H2,1-3H3. The number of likely N-dealkylation sites (N-methyl/N-ethyl adjacent to an activating group) is 1. The fourth-order valence-electron chi connectivity index (χ4n) is 4.50. The number of nitrogens with zero attached hydrogens (tertiary/aromatic N) is 5. The number of fused-ring (bicyclic) bond motifs is 3. The van der Waals surface area contributed by atoms with E-state index in [1.165, 1.54) is 10.5 Å². The number of benzene rings is 2. The van der Waals surface area contributed by atoms with Crippen molar-refractivity contribution < 1.29 is 9.59 Å². The van der Waals surface area contributed by atoms with E-state index < -0.39 is 12.2 Å². The van der Waals surface area contributed by atoms with E-state index in [2.05, 4.69) is 34.9 Å². The number of hydrogen-bond acceptors (Lipinski definition) is 5. The molecule has 0 radical (unpaired) electrons. The summed E-state index contributed by atoms with van der Waals surface area (Å²) in [6.45, 7) is 5.83. The lowest BCUT2D eigenvalue weighted by molar-refractivity contribution is -0.137. The van der Waals surface area contributed by atoms with Crippen molar-refractivity contribution in [1.29, 1.82) is 0 Å². The molecule has 2 aromatic rings. The van der Waals surface area contributed by atoms with Gasteiger partial charge in [0.15, 0.2) is 12.2 Å². The lowest BCUT2D eigenvalue weighted by atomic mass is 10.1. The van der Waals surface area contributed by atoms with Crippen LogP contribution in [0.1, 0.15) is 16.7 Å². The molecule has 3 amide bonds. The molecule has 3 aliphatic rings. The minimum Gasteiger partial charge on any atom is -0.325 e. The number of amides is 3. The molecule has 5 rings (SSSR count). The van der Waals surface area contributed by atoms with Crippen LogP contribution in [0.2, 0.25) is 0 Å². The highest BCUT2D eigenvalue weighted by Gasteiger charge is 2.54. The average molecular weight is 403 g/mol. The maximum atomic E-state index is 13.4. The third kappa shape index (κ3) is 2.84. The highest BCUT2D eigenvalue weighted by molar-refractivity contribution is 6.07. The van der Waals surface area contributed by atoms with Gasteiger partial charge >= 0.3 is 6.03 Å². The number of anilines is 1. The molecule has 0 aliphatic carbocycles. The molecular weight excluding hydrogens is 378 g/mol. The van der Waals surface area contributed by atoms with Crippen molar-refractivity contribution in [2.45, 2.75) is 32.6 Å². The fraction of sp³-hybridized carbons (Fsp3) is 0.348. The maximum Gasteiger partial charge on any atom is 0.328 e. The van der Waals surface area contributed by atoms with E-state index in [1.807, 2.05) is 37.3 Å². The maximum absolute atomic E-state index is 13.4. The number of aryl methyl sites for hydroxylation is 2. The van der Waals surface area contributed by atoms with Gasteiger partial charge in [0.1, 0.15) is 0 Å². The first kappa shape index (κ1) is 18.7. The third-order valence-corrected chi connectivity index (χ3v) is 6.15. The van der Waals surface area contributed by atoms with Crippen LogP contribution in [0.4, 0.5) is 10.5 Å². The Morgan fingerprint density at radius 3 is 2.50 bits per heavy atom. The van der Waals surface area contributed by atoms with Crippen molar-refractivity contribution in [3.05, 3.63) is 65.2 Å². The SMILES string of the molecule is Cc1ccc(CN2C(=O)C3C(N=C4N(c5cccc(C)c5)CCN43)N(C)C2=O)cc1. The minimum absolute atomic E-state index is 0.173. The van der Waals surface area contributed by atoms with Gasteiger partial charge in [-0.15, -0.1) is 0 Å². The number of guanidine groups is 1. The van der Waals surface area contributed by atoms with Crippen LogP contribution in [0, 0.1) is 13.8 Å². The number of imide groups is 1. The van der Waals surface area contributed by atoms with Crippen molar-refractivity contribution in [2.75, 3.05) is 25.0 Å². The van der Waals surface area contributed by atoms with Gasteiger partial charge in [0.25, 0.3) is 5.91 Å². The highest BCUT2D eigenvalue weighted by atomic mass is 16.2. The molecule has 3 heterocycles. The smallest absolute Gasteiger partial charge is 0.325 e. The average Bonchev–Trinajstić information content (AvgIpc) is 3.30. The minimum atomic E-state index is -0.484. The highest BCUT2D eigenvalue weighted by Crippen LogP contribution is 2.34. The monoisotopic (exact) mass is 403 g/mol. The third-order valence-electron chi connectivity index (χ3n) is 6.15. The van der Waals surface area contributed by atoms with Crippen molar-refractivity contribution in [3.8, 4) is 0 Å². The molecule has 7 heteroatoms. The van der Waals surface area contributed by atoms with Crippen LogP contribution < -0.4 is 4.90 Å². The van der Waals surface area contributed by atoms with E-state index in [1.54, 1.807) is 11.9 Å². The van der Waals surface area contributed by atoms with Crippen molar-refractivity contribution in [2.24, 2.45) is 4.99 Å². The number of rotatable bonds is 3. The second-order valence-electron chi connectivity index (χ2n) is 8.28. The summed E-state index contributed by atoms with van der Waals surface area (Å²) in [6, 6.07) is 15.4. The topological polar surface area (TPSA) is 59.5 Å². The van der Waals surface area contributed by atoms with E-state index in [0.717, 1.165) is 29.3 Å². The van der Waals surface area contributed by atoms with Crippen LogP contribution in [0.25, 0.3) is 0 Å². The molecule has 3 aliphatic heterocycles. The summed E-state index contributed by atoms with van der Waals surface area (Å²) in [6.07, 6.45) is -0.484. The Kier molecular flexibility index (Phi) is 4.27. The second-order valence-corrected chi connectivity index (χ2v) is 8.28. The Morgan fingerprint density at radius 1 is 1.00 bits per heavy atom. The summed E-state index contributed by atoms with van der Waals surface area (Å²) in [7, 11) is 1.73. The molecule has 2 aromatic carbocycles. The van der Waals surface area contributed by atoms with E-state index >= 15 is 0 Å². The Labute approximate surface area is 176 Å². The van der Waals surface area contributed by atoms with E-state index in [9.17, 15) is 9.59 Å². The number of aliphatic imine (C=N–C) groups is 1. The number of urea groups is 1. The number of hydrogen-bond donors (Lipinski definition) is 0. The molecule has 0 aromatic heterocycles. The Bertz CT molecular complexity index is 1050. The predicted molar refractivity (Wildman–Crippen MR) is 115 cm³/mol. The summed E-state index contributed by atoms with van der Waals surface area (Å²) in [4.78, 5) is 38.4. The lowest BCUT2D eigenvalue weighted by Gasteiger charge is -2.40. The molecule has 7 nitrogen and oxygen atoms in total. The van der Waals surface area contributed by atoms with Gasteiger partial charge in [-0.1, -0.05) is 42.0 Å². The van der Waals surface area contributed by atoms with E-state index in [-0.39, 0.29) is 18.5 Å². The normalized spacial score (nSPS) is 23.1. The zero-order chi connectivity index (χ0) is 21.0. The molecule has 154 valence electrons. The van der Waals surface area contributed by atoms with Crippen molar-refractivity contribution in [1.82, 2.24) is 14.7 Å². The first-order valence-electron chi connectivity index (χ1n) is 10.3. The number of carbonyl (C=O) groups is 2. The Morgan fingerprint density at radius 2 is 1.77 bits per heavy atom. The van der Waals surface area contributed by atoms with Gasteiger partial charge in [-0.25, -0.2) is 9.79 Å². The summed E-state index contributed by atoms with van der Waals surface area (Å²) < 4.78 is 0. The fourth-order valence-corrected chi connectivity index (χ4v) is 4.50. The van der Waals surface area contributed by atoms with Crippen LogP contribution in [-0.4, -0.2) is 64.9 Å². The van der Waals surface area contributed by atoms with Gasteiger partial charge in [0.2, 0.25) is 5.96 Å². The second kappa shape index (κ2) is 6.86. The van der Waals surface area contributed by atoms with Gasteiger partial charge in [-0.05, 0) is 37.1 Å². The van der Waals surface area contributed by atoms with Gasteiger partial charge in [-0.2, -0.15) is 0 Å². The molecule has 30 heavy (non-hydrogen) atoms. The zero-order valence-electron chi connectivity index (χ0n) is 17.4. The van der Waals surface area contributed by atoms with Crippen LogP contribution in [-0.2, 0) is 11.3 Å². The quantitative estimate of drug-likeness (QED) is 0.791.